The van der Waals surface area contributed by atoms with Crippen LogP contribution in [0.3, 0.4) is 0 Å². The van der Waals surface area contributed by atoms with E-state index in [0.717, 1.165) is 11.3 Å². The van der Waals surface area contributed by atoms with Crippen LogP contribution < -0.4 is 31.4 Å². The van der Waals surface area contributed by atoms with Gasteiger partial charge in [-0.25, -0.2) is 4.79 Å². The number of amides is 1. The predicted octanol–water partition coefficient (Wildman–Crippen LogP) is 3.38. The van der Waals surface area contributed by atoms with Gasteiger partial charge >= 0.3 is 12.3 Å². The Balaban J connectivity index is 2.14. The van der Waals surface area contributed by atoms with Crippen LogP contribution >= 0.6 is 0 Å². The van der Waals surface area contributed by atoms with Crippen molar-refractivity contribution in [3.8, 4) is 11.5 Å². The molecule has 35 heavy (non-hydrogen) atoms. The van der Waals surface area contributed by atoms with E-state index < -0.39 is 23.8 Å². The molecule has 3 aromatic rings. The minimum atomic E-state index is -3.08. The Morgan fingerprint density at radius 1 is 1.14 bits per heavy atom. The molecule has 0 unspecified atom stereocenters. The highest BCUT2D eigenvalue weighted by molar-refractivity contribution is 6.07. The molecule has 3 N–H and O–H groups in total. The van der Waals surface area contributed by atoms with Crippen LogP contribution in [0.1, 0.15) is 35.7 Å². The van der Waals surface area contributed by atoms with E-state index in [1.807, 2.05) is 6.92 Å². The molecule has 0 bridgehead atoms. The summed E-state index contributed by atoms with van der Waals surface area (Å²) in [5, 5.41) is 0. The van der Waals surface area contributed by atoms with E-state index >= 15 is 0 Å². The fourth-order valence-corrected chi connectivity index (χ4v) is 3.54. The van der Waals surface area contributed by atoms with Crippen LogP contribution in [-0.4, -0.2) is 29.2 Å². The number of benzene rings is 2. The predicted molar refractivity (Wildman–Crippen MR) is 127 cm³/mol. The molecule has 0 radical (unpaired) electrons. The van der Waals surface area contributed by atoms with E-state index in [9.17, 15) is 23.2 Å². The molecular weight excluding hydrogens is 462 g/mol. The molecule has 0 spiro atoms. The molecule has 1 aromatic heterocycles. The van der Waals surface area contributed by atoms with Gasteiger partial charge in [0, 0.05) is 12.1 Å². The number of nitrogens with zero attached hydrogens (tertiary/aromatic N) is 2. The molecule has 0 aliphatic rings. The number of carbonyl (C=O) groups excluding carboxylic acids is 1. The van der Waals surface area contributed by atoms with Crippen molar-refractivity contribution in [1.82, 2.24) is 9.55 Å². The number of ether oxygens (including phenoxy) is 2. The first-order chi connectivity index (χ1) is 16.8. The van der Waals surface area contributed by atoms with Crippen molar-refractivity contribution in [3.05, 3.63) is 80.5 Å². The maximum Gasteiger partial charge on any atom is 0.387 e. The van der Waals surface area contributed by atoms with Gasteiger partial charge in [-0.05, 0) is 30.2 Å². The standard InChI is InChI=1S/C24H26F2N4O5/c1-3-4-12-29-20(27)19(21(31)28-24(29)33)30(14-15-8-6-5-7-9-15)22(32)16-10-11-17(35-23(25)26)18(13-16)34-2/h5-11,13,23H,3-4,12,14,27H2,1-2H3,(H,28,31,33). The van der Waals surface area contributed by atoms with Crippen LogP contribution in [0.5, 0.6) is 11.5 Å². The molecule has 1 heterocycles. The second-order valence-corrected chi connectivity index (χ2v) is 7.62. The van der Waals surface area contributed by atoms with Crippen LogP contribution in [0.25, 0.3) is 0 Å². The number of halogens is 2. The number of aromatic amines is 1. The number of nitrogen functional groups attached to an aromatic ring is 1. The molecule has 0 fully saturated rings. The summed E-state index contributed by atoms with van der Waals surface area (Å²) in [4.78, 5) is 42.3. The molecule has 0 atom stereocenters. The smallest absolute Gasteiger partial charge is 0.387 e. The number of methoxy groups -OCH3 is 1. The van der Waals surface area contributed by atoms with Crippen molar-refractivity contribution >= 4 is 17.4 Å². The van der Waals surface area contributed by atoms with Crippen LogP contribution in [0.4, 0.5) is 20.3 Å². The third-order valence-electron chi connectivity index (χ3n) is 5.27. The number of H-pyrrole nitrogens is 1. The maximum absolute atomic E-state index is 13.7. The Bertz CT molecular complexity index is 1290. The van der Waals surface area contributed by atoms with Crippen molar-refractivity contribution in [2.24, 2.45) is 0 Å². The van der Waals surface area contributed by atoms with Crippen molar-refractivity contribution in [3.63, 3.8) is 0 Å². The molecule has 0 aliphatic carbocycles. The number of rotatable bonds is 10. The summed E-state index contributed by atoms with van der Waals surface area (Å²) >= 11 is 0. The summed E-state index contributed by atoms with van der Waals surface area (Å²) in [6, 6.07) is 12.5. The number of unbranched alkanes of at least 4 members (excludes halogenated alkanes) is 1. The average molecular weight is 488 g/mol. The van der Waals surface area contributed by atoms with Gasteiger partial charge in [-0.2, -0.15) is 8.78 Å². The van der Waals surface area contributed by atoms with Crippen molar-refractivity contribution in [2.45, 2.75) is 39.5 Å². The minimum Gasteiger partial charge on any atom is -0.493 e. The zero-order chi connectivity index (χ0) is 25.5. The van der Waals surface area contributed by atoms with E-state index in [1.54, 1.807) is 30.3 Å². The first-order valence-electron chi connectivity index (χ1n) is 10.9. The highest BCUT2D eigenvalue weighted by Gasteiger charge is 2.26. The number of anilines is 2. The fraction of sp³-hybridized carbons (Fsp3) is 0.292. The van der Waals surface area contributed by atoms with E-state index in [1.165, 1.54) is 29.9 Å². The lowest BCUT2D eigenvalue weighted by Crippen LogP contribution is -2.41. The van der Waals surface area contributed by atoms with Crippen molar-refractivity contribution < 1.29 is 23.0 Å². The summed E-state index contributed by atoms with van der Waals surface area (Å²) in [6.07, 6.45) is 1.41. The van der Waals surface area contributed by atoms with Crippen LogP contribution in [-0.2, 0) is 13.1 Å². The number of carbonyl (C=O) groups is 1. The molecule has 2 aromatic carbocycles. The van der Waals surface area contributed by atoms with Crippen LogP contribution in [0.2, 0.25) is 0 Å². The Kier molecular flexibility index (Phi) is 8.24. The summed E-state index contributed by atoms with van der Waals surface area (Å²) in [7, 11) is 1.25. The average Bonchev–Trinajstić information content (AvgIpc) is 2.83. The highest BCUT2D eigenvalue weighted by Crippen LogP contribution is 2.31. The molecule has 3 rings (SSSR count). The van der Waals surface area contributed by atoms with Crippen LogP contribution in [0, 0.1) is 0 Å². The summed E-state index contributed by atoms with van der Waals surface area (Å²) in [6.45, 7) is -0.932. The van der Waals surface area contributed by atoms with Gasteiger partial charge in [-0.1, -0.05) is 43.7 Å². The number of hydrogen-bond acceptors (Lipinski definition) is 6. The Labute approximate surface area is 199 Å². The molecule has 11 heteroatoms. The lowest BCUT2D eigenvalue weighted by atomic mass is 10.1. The summed E-state index contributed by atoms with van der Waals surface area (Å²) in [5.41, 5.74) is 5.28. The topological polar surface area (TPSA) is 120 Å². The van der Waals surface area contributed by atoms with Gasteiger partial charge in [0.25, 0.3) is 11.5 Å². The number of alkyl halides is 2. The fourth-order valence-electron chi connectivity index (χ4n) is 3.54. The zero-order valence-corrected chi connectivity index (χ0v) is 19.3. The van der Waals surface area contributed by atoms with Gasteiger partial charge in [-0.3, -0.25) is 24.0 Å². The normalized spacial score (nSPS) is 10.9. The zero-order valence-electron chi connectivity index (χ0n) is 19.3. The monoisotopic (exact) mass is 488 g/mol. The van der Waals surface area contributed by atoms with Crippen LogP contribution in [0.15, 0.2) is 58.1 Å². The SMILES string of the molecule is CCCCn1c(N)c(N(Cc2ccccc2)C(=O)c2ccc(OC(F)F)c(OC)c2)c(=O)[nH]c1=O. The van der Waals surface area contributed by atoms with Gasteiger partial charge in [0.15, 0.2) is 17.2 Å². The van der Waals surface area contributed by atoms with E-state index in [4.69, 9.17) is 10.5 Å². The second kappa shape index (κ2) is 11.3. The molecule has 1 amide bonds. The first-order valence-corrected chi connectivity index (χ1v) is 10.9. The molecular formula is C24H26F2N4O5. The number of aromatic nitrogens is 2. The third-order valence-corrected chi connectivity index (χ3v) is 5.27. The molecule has 186 valence electrons. The van der Waals surface area contributed by atoms with Gasteiger partial charge in [0.2, 0.25) is 0 Å². The first kappa shape index (κ1) is 25.5. The minimum absolute atomic E-state index is 0.0319. The maximum atomic E-state index is 13.7. The second-order valence-electron chi connectivity index (χ2n) is 7.62. The summed E-state index contributed by atoms with van der Waals surface area (Å²) in [5.74, 6) is -1.15. The van der Waals surface area contributed by atoms with Crippen molar-refractivity contribution in [2.75, 3.05) is 17.7 Å². The van der Waals surface area contributed by atoms with Gasteiger partial charge in [-0.15, -0.1) is 0 Å². The Morgan fingerprint density at radius 3 is 2.49 bits per heavy atom. The summed E-state index contributed by atoms with van der Waals surface area (Å²) < 4.78 is 36.1. The molecule has 9 nitrogen and oxygen atoms in total. The number of nitrogens with two attached hydrogens (primary N) is 1. The van der Waals surface area contributed by atoms with Crippen molar-refractivity contribution in [1.29, 1.82) is 0 Å². The Morgan fingerprint density at radius 2 is 1.86 bits per heavy atom. The van der Waals surface area contributed by atoms with Gasteiger partial charge in [0.05, 0.1) is 13.7 Å². The number of hydrogen-bond donors (Lipinski definition) is 2. The largest absolute Gasteiger partial charge is 0.493 e. The molecule has 0 aliphatic heterocycles. The molecule has 0 saturated carbocycles. The lowest BCUT2D eigenvalue weighted by molar-refractivity contribution is -0.0512. The third kappa shape index (κ3) is 5.86. The van der Waals surface area contributed by atoms with Gasteiger partial charge < -0.3 is 15.2 Å². The van der Waals surface area contributed by atoms with Gasteiger partial charge in [0.1, 0.15) is 5.82 Å². The van der Waals surface area contributed by atoms with E-state index in [-0.39, 0.29) is 41.7 Å². The quantitative estimate of drug-likeness (QED) is 0.452. The highest BCUT2D eigenvalue weighted by atomic mass is 19.3. The van der Waals surface area contributed by atoms with E-state index in [0.29, 0.717) is 12.0 Å². The Hall–Kier alpha value is -4.15. The lowest BCUT2D eigenvalue weighted by Gasteiger charge is -2.25. The molecule has 0 saturated heterocycles. The van der Waals surface area contributed by atoms with E-state index in [2.05, 4.69) is 9.72 Å². The number of nitrogens with one attached hydrogen (secondary N) is 1.